The summed E-state index contributed by atoms with van der Waals surface area (Å²) in [4.78, 5) is 45.6. The summed E-state index contributed by atoms with van der Waals surface area (Å²) in [5.41, 5.74) is 6.72. The van der Waals surface area contributed by atoms with Crippen LogP contribution in [-0.4, -0.2) is 53.0 Å². The van der Waals surface area contributed by atoms with Crippen LogP contribution in [0.2, 0.25) is 5.02 Å². The number of amides is 2. The zero-order valence-electron chi connectivity index (χ0n) is 22.4. The molecule has 14 heteroatoms. The van der Waals surface area contributed by atoms with Gasteiger partial charge in [-0.2, -0.15) is 0 Å². The highest BCUT2D eigenvalue weighted by Crippen LogP contribution is 2.36. The van der Waals surface area contributed by atoms with Crippen LogP contribution in [0.25, 0.3) is 22.0 Å². The van der Waals surface area contributed by atoms with Gasteiger partial charge in [-0.1, -0.05) is 17.7 Å². The average Bonchev–Trinajstić information content (AvgIpc) is 3.28. The quantitative estimate of drug-likeness (QED) is 0.166. The summed E-state index contributed by atoms with van der Waals surface area (Å²) in [7, 11) is -4.52. The fourth-order valence-electron chi connectivity index (χ4n) is 4.70. The first-order valence-electron chi connectivity index (χ1n) is 12.9. The predicted octanol–water partition coefficient (Wildman–Crippen LogP) is 2.52. The molecule has 2 amide bonds. The number of hydrogen-bond acceptors (Lipinski definition) is 8. The highest BCUT2D eigenvalue weighted by atomic mass is 35.5. The normalized spacial score (nSPS) is 11.4. The van der Waals surface area contributed by atoms with E-state index in [4.69, 9.17) is 22.4 Å². The van der Waals surface area contributed by atoms with Crippen LogP contribution in [0.15, 0.2) is 88.8 Å². The lowest BCUT2D eigenvalue weighted by molar-refractivity contribution is 0.0943. The number of nitrogen functional groups attached to an aromatic ring is 1. The second-order valence-electron chi connectivity index (χ2n) is 9.42. The number of aromatic nitrogens is 3. The second kappa shape index (κ2) is 12.1. The molecule has 0 unspecified atom stereocenters. The number of aliphatic hydroxyl groups excluding tert-OH is 1. The van der Waals surface area contributed by atoms with E-state index in [1.165, 1.54) is 36.7 Å². The molecule has 0 aliphatic carbocycles. The molecule has 0 saturated heterocycles. The van der Waals surface area contributed by atoms with Gasteiger partial charge < -0.3 is 25.7 Å². The number of nitrogens with two attached hydrogens (primary N) is 1. The number of carbonyl (C=O) groups excluding carboxylic acids is 2. The molecular weight excluding hydrogens is 596 g/mol. The van der Waals surface area contributed by atoms with Crippen LogP contribution in [-0.2, 0) is 16.6 Å². The molecule has 0 atom stereocenters. The summed E-state index contributed by atoms with van der Waals surface area (Å²) in [6, 6.07) is 16.4. The molecule has 0 saturated carbocycles. The molecule has 2 aromatic carbocycles. The number of H-pyrrole nitrogens is 1. The lowest BCUT2D eigenvalue weighted by atomic mass is 10.0. The van der Waals surface area contributed by atoms with Gasteiger partial charge in [0.15, 0.2) is 0 Å². The maximum Gasteiger partial charge on any atom is 0.282 e. The number of aliphatic hydroxyl groups is 1. The number of sulfonamides is 1. The molecule has 0 fully saturated rings. The molecule has 43 heavy (non-hydrogen) atoms. The fourth-order valence-corrected chi connectivity index (χ4v) is 5.87. The Morgan fingerprint density at radius 2 is 1.86 bits per heavy atom. The van der Waals surface area contributed by atoms with Gasteiger partial charge in [0.25, 0.3) is 27.4 Å². The average molecular weight is 621 g/mol. The molecule has 12 nitrogen and oxygen atoms in total. The van der Waals surface area contributed by atoms with E-state index in [9.17, 15) is 22.8 Å². The van der Waals surface area contributed by atoms with Gasteiger partial charge in [0, 0.05) is 58.1 Å². The van der Waals surface area contributed by atoms with Crippen molar-refractivity contribution in [2.45, 2.75) is 11.4 Å². The smallest absolute Gasteiger partial charge is 0.282 e. The minimum atomic E-state index is -4.52. The monoisotopic (exact) mass is 620 g/mol. The van der Waals surface area contributed by atoms with E-state index in [0.29, 0.717) is 21.5 Å². The Morgan fingerprint density at radius 1 is 1.05 bits per heavy atom. The highest BCUT2D eigenvalue weighted by molar-refractivity contribution is 7.90. The number of benzene rings is 2. The van der Waals surface area contributed by atoms with Gasteiger partial charge in [0.05, 0.1) is 11.5 Å². The minimum absolute atomic E-state index is 0.0133. The Labute approximate surface area is 250 Å². The van der Waals surface area contributed by atoms with Crippen LogP contribution in [0.5, 0.6) is 0 Å². The molecule has 5 rings (SSSR count). The molecular formula is C29H25ClN6O6S. The van der Waals surface area contributed by atoms with Gasteiger partial charge in [-0.3, -0.25) is 14.4 Å². The zero-order valence-corrected chi connectivity index (χ0v) is 23.9. The molecule has 0 aliphatic heterocycles. The maximum atomic E-state index is 14.0. The van der Waals surface area contributed by atoms with E-state index in [1.54, 1.807) is 41.0 Å². The molecule has 3 aromatic heterocycles. The van der Waals surface area contributed by atoms with Crippen molar-refractivity contribution in [3.8, 4) is 11.1 Å². The van der Waals surface area contributed by atoms with Crippen molar-refractivity contribution < 1.29 is 23.1 Å². The van der Waals surface area contributed by atoms with E-state index in [2.05, 4.69) is 20.0 Å². The van der Waals surface area contributed by atoms with Crippen molar-refractivity contribution in [2.24, 2.45) is 0 Å². The SMILES string of the molecule is Nc1cc(Cn2c(C(=O)NS(=O)(=O)c3cccc(C(=O)NCCO)c3)c(-c3ccc[nH]c3=O)c3cc(Cl)ccc32)ccn1. The molecule has 6 N–H and O–H groups in total. The van der Waals surface area contributed by atoms with Crippen LogP contribution >= 0.6 is 11.6 Å². The third-order valence-corrected chi connectivity index (χ3v) is 8.11. The number of nitrogens with one attached hydrogen (secondary N) is 3. The van der Waals surface area contributed by atoms with E-state index in [0.717, 1.165) is 6.07 Å². The van der Waals surface area contributed by atoms with Crippen LogP contribution in [0.4, 0.5) is 5.82 Å². The third-order valence-electron chi connectivity index (χ3n) is 6.55. The van der Waals surface area contributed by atoms with Crippen LogP contribution in [0.3, 0.4) is 0 Å². The van der Waals surface area contributed by atoms with Gasteiger partial charge in [-0.15, -0.1) is 0 Å². The molecule has 0 bridgehead atoms. The fraction of sp³-hybridized carbons (Fsp3) is 0.103. The topological polar surface area (TPSA) is 189 Å². The Hall–Kier alpha value is -4.98. The summed E-state index contributed by atoms with van der Waals surface area (Å²) >= 11 is 6.34. The Morgan fingerprint density at radius 3 is 2.60 bits per heavy atom. The third kappa shape index (κ3) is 6.14. The zero-order chi connectivity index (χ0) is 30.7. The number of hydrogen-bond donors (Lipinski definition) is 5. The first-order valence-corrected chi connectivity index (χ1v) is 14.7. The second-order valence-corrected chi connectivity index (χ2v) is 11.5. The van der Waals surface area contributed by atoms with Crippen LogP contribution in [0.1, 0.15) is 26.4 Å². The summed E-state index contributed by atoms with van der Waals surface area (Å²) in [6.07, 6.45) is 2.94. The Kier molecular flexibility index (Phi) is 8.30. The number of halogens is 1. The lowest BCUT2D eigenvalue weighted by Gasteiger charge is -2.14. The van der Waals surface area contributed by atoms with Crippen molar-refractivity contribution in [2.75, 3.05) is 18.9 Å². The molecule has 0 spiro atoms. The van der Waals surface area contributed by atoms with Crippen molar-refractivity contribution in [1.29, 1.82) is 0 Å². The minimum Gasteiger partial charge on any atom is -0.395 e. The summed E-state index contributed by atoms with van der Waals surface area (Å²) in [6.45, 7) is -0.248. The Balaban J connectivity index is 1.67. The lowest BCUT2D eigenvalue weighted by Crippen LogP contribution is -2.33. The molecule has 220 valence electrons. The number of rotatable bonds is 9. The van der Waals surface area contributed by atoms with Gasteiger partial charge >= 0.3 is 0 Å². The number of anilines is 1. The number of aromatic amines is 1. The number of pyridine rings is 2. The summed E-state index contributed by atoms with van der Waals surface area (Å²) < 4.78 is 30.6. The van der Waals surface area contributed by atoms with Gasteiger partial charge in [0.1, 0.15) is 11.5 Å². The maximum absolute atomic E-state index is 14.0. The molecule has 5 aromatic rings. The molecule has 3 heterocycles. The first-order chi connectivity index (χ1) is 20.6. The van der Waals surface area contributed by atoms with Crippen molar-refractivity contribution >= 4 is 50.2 Å². The van der Waals surface area contributed by atoms with Crippen molar-refractivity contribution in [3.63, 3.8) is 0 Å². The number of nitrogens with zero attached hydrogens (tertiary/aromatic N) is 2. The largest absolute Gasteiger partial charge is 0.395 e. The summed E-state index contributed by atoms with van der Waals surface area (Å²) in [5.74, 6) is -1.38. The van der Waals surface area contributed by atoms with Crippen molar-refractivity contribution in [3.05, 3.63) is 111 Å². The predicted molar refractivity (Wildman–Crippen MR) is 161 cm³/mol. The molecule has 0 radical (unpaired) electrons. The highest BCUT2D eigenvalue weighted by Gasteiger charge is 2.29. The van der Waals surface area contributed by atoms with Gasteiger partial charge in [0.2, 0.25) is 0 Å². The summed E-state index contributed by atoms with van der Waals surface area (Å²) in [5, 5.41) is 12.2. The molecule has 0 aliphatic rings. The van der Waals surface area contributed by atoms with Crippen LogP contribution in [0, 0.1) is 0 Å². The first kappa shape index (κ1) is 29.5. The van der Waals surface area contributed by atoms with E-state index >= 15 is 0 Å². The number of carbonyl (C=O) groups is 2. The van der Waals surface area contributed by atoms with E-state index < -0.39 is 27.4 Å². The Bertz CT molecular complexity index is 2040. The number of fused-ring (bicyclic) bond motifs is 1. The van der Waals surface area contributed by atoms with Gasteiger partial charge in [-0.05, 0) is 66.2 Å². The van der Waals surface area contributed by atoms with E-state index in [1.807, 2.05) is 0 Å². The van der Waals surface area contributed by atoms with E-state index in [-0.39, 0.29) is 52.8 Å². The standard InChI is InChI=1S/C29H25ClN6O6S/c30-19-6-7-23-22(15-19)25(21-5-2-9-33-28(21)39)26(36(23)16-17-8-10-32-24(31)13-17)29(40)35-43(41,42)20-4-1-3-18(14-20)27(38)34-11-12-37/h1-10,13-15,37H,11-12,16H2,(H2,31,32)(H,33,39)(H,34,38)(H,35,40). The van der Waals surface area contributed by atoms with Crippen LogP contribution < -0.4 is 21.3 Å². The van der Waals surface area contributed by atoms with Crippen molar-refractivity contribution in [1.82, 2.24) is 24.6 Å². The van der Waals surface area contributed by atoms with Gasteiger partial charge in [-0.25, -0.2) is 18.1 Å².